The third kappa shape index (κ3) is 6.21. The van der Waals surface area contributed by atoms with E-state index in [1.165, 1.54) is 13.8 Å². The summed E-state index contributed by atoms with van der Waals surface area (Å²) in [6, 6.07) is -0.347. The fourth-order valence-corrected chi connectivity index (χ4v) is 1.99. The molecular weight excluding hydrogens is 337 g/mol. The van der Waals surface area contributed by atoms with Gasteiger partial charge in [0.1, 0.15) is 0 Å². The Kier molecular flexibility index (Phi) is 7.69. The van der Waals surface area contributed by atoms with E-state index in [0.717, 1.165) is 0 Å². The van der Waals surface area contributed by atoms with Gasteiger partial charge in [-0.1, -0.05) is 29.5 Å². The Labute approximate surface area is 116 Å². The minimum Gasteiger partial charge on any atom is -0.457 e. The van der Waals surface area contributed by atoms with E-state index in [9.17, 15) is 9.59 Å². The zero-order chi connectivity index (χ0) is 13.6. The van der Waals surface area contributed by atoms with Crippen LogP contribution in [0.2, 0.25) is 0 Å². The molecule has 4 atom stereocenters. The molecule has 0 saturated heterocycles. The number of halogens is 1. The van der Waals surface area contributed by atoms with Crippen molar-refractivity contribution in [1.82, 2.24) is 0 Å². The van der Waals surface area contributed by atoms with E-state index in [1.54, 1.807) is 0 Å². The van der Waals surface area contributed by atoms with E-state index in [-0.39, 0.29) is 9.97 Å². The molecule has 0 amide bonds. The first kappa shape index (κ1) is 16.6. The van der Waals surface area contributed by atoms with Gasteiger partial charge in [-0.05, 0) is 13.3 Å². The van der Waals surface area contributed by atoms with Crippen LogP contribution in [0.25, 0.3) is 0 Å². The predicted octanol–water partition coefficient (Wildman–Crippen LogP) is 1.41. The predicted molar refractivity (Wildman–Crippen MR) is 72.9 cm³/mol. The highest BCUT2D eigenvalue weighted by molar-refractivity contribution is 14.1. The molecule has 0 aromatic heterocycles. The van der Waals surface area contributed by atoms with Crippen LogP contribution in [0.3, 0.4) is 0 Å². The molecule has 0 spiro atoms. The summed E-state index contributed by atoms with van der Waals surface area (Å²) in [5.41, 5.74) is 5.91. The van der Waals surface area contributed by atoms with Crippen LogP contribution in [0.5, 0.6) is 0 Å². The summed E-state index contributed by atoms with van der Waals surface area (Å²) < 4.78 is 10.4. The molecule has 5 nitrogen and oxygen atoms in total. The second-order valence-corrected chi connectivity index (χ2v) is 5.86. The number of carbonyl (C=O) groups is 2. The molecule has 100 valence electrons. The van der Waals surface area contributed by atoms with Crippen molar-refractivity contribution < 1.29 is 19.1 Å². The molecule has 0 aliphatic carbocycles. The summed E-state index contributed by atoms with van der Waals surface area (Å²) >= 11 is 2.13. The van der Waals surface area contributed by atoms with Gasteiger partial charge >= 0.3 is 11.9 Å². The van der Waals surface area contributed by atoms with Gasteiger partial charge in [-0.2, -0.15) is 0 Å². The lowest BCUT2D eigenvalue weighted by atomic mass is 10.0. The molecule has 0 saturated carbocycles. The zero-order valence-electron chi connectivity index (χ0n) is 10.6. The quantitative estimate of drug-likeness (QED) is 0.442. The summed E-state index contributed by atoms with van der Waals surface area (Å²) in [6.45, 7) is 6.42. The molecule has 2 N–H and O–H groups in total. The molecule has 0 aliphatic heterocycles. The van der Waals surface area contributed by atoms with Crippen LogP contribution in [-0.4, -0.2) is 34.1 Å². The fourth-order valence-electron chi connectivity index (χ4n) is 1.44. The van der Waals surface area contributed by atoms with Crippen molar-refractivity contribution in [2.75, 3.05) is 0 Å². The molecule has 0 aromatic carbocycles. The third-order valence-electron chi connectivity index (χ3n) is 2.27. The molecule has 0 aliphatic rings. The highest BCUT2D eigenvalue weighted by atomic mass is 127. The number of nitrogens with two attached hydrogens (primary N) is 1. The average Bonchev–Trinajstić information content (AvgIpc) is 2.21. The van der Waals surface area contributed by atoms with Crippen LogP contribution in [0.15, 0.2) is 0 Å². The number of rotatable bonds is 6. The van der Waals surface area contributed by atoms with Crippen molar-refractivity contribution in [3.63, 3.8) is 0 Å². The fraction of sp³-hybridized carbons (Fsp3) is 0.818. The molecule has 0 aromatic rings. The van der Waals surface area contributed by atoms with E-state index >= 15 is 0 Å². The van der Waals surface area contributed by atoms with Gasteiger partial charge in [-0.3, -0.25) is 9.59 Å². The van der Waals surface area contributed by atoms with Crippen molar-refractivity contribution in [3.05, 3.63) is 0 Å². The number of alkyl halides is 1. The summed E-state index contributed by atoms with van der Waals surface area (Å²) in [6.07, 6.45) is -0.487. The minimum absolute atomic E-state index is 0.00144. The highest BCUT2D eigenvalue weighted by Gasteiger charge is 2.34. The summed E-state index contributed by atoms with van der Waals surface area (Å²) in [7, 11) is 0. The number of hydrogen-bond donors (Lipinski definition) is 1. The SMILES string of the molecule is CC[C@H](N)[C@@H](OC(C)=O)[C@H](OC(C)=O)C(C)I. The first-order valence-electron chi connectivity index (χ1n) is 5.53. The van der Waals surface area contributed by atoms with E-state index < -0.39 is 24.1 Å². The van der Waals surface area contributed by atoms with Crippen LogP contribution >= 0.6 is 22.6 Å². The van der Waals surface area contributed by atoms with Crippen molar-refractivity contribution in [1.29, 1.82) is 0 Å². The van der Waals surface area contributed by atoms with Gasteiger partial charge < -0.3 is 15.2 Å². The van der Waals surface area contributed by atoms with Gasteiger partial charge in [0.25, 0.3) is 0 Å². The topological polar surface area (TPSA) is 78.6 Å². The molecule has 0 rings (SSSR count). The van der Waals surface area contributed by atoms with Gasteiger partial charge in [0.05, 0.1) is 0 Å². The first-order chi connectivity index (χ1) is 7.79. The van der Waals surface area contributed by atoms with Crippen molar-refractivity contribution in [2.45, 2.75) is 56.3 Å². The third-order valence-corrected chi connectivity index (χ3v) is 2.98. The number of ether oxygens (including phenoxy) is 2. The second kappa shape index (κ2) is 7.86. The Hall–Kier alpha value is -0.370. The molecule has 0 bridgehead atoms. The second-order valence-electron chi connectivity index (χ2n) is 3.90. The van der Waals surface area contributed by atoms with E-state index in [0.29, 0.717) is 6.42 Å². The van der Waals surface area contributed by atoms with Crippen molar-refractivity contribution in [2.24, 2.45) is 5.73 Å². The van der Waals surface area contributed by atoms with E-state index in [4.69, 9.17) is 15.2 Å². The largest absolute Gasteiger partial charge is 0.457 e. The Morgan fingerprint density at radius 2 is 1.59 bits per heavy atom. The Balaban J connectivity index is 4.91. The summed E-state index contributed by atoms with van der Waals surface area (Å²) in [5, 5.41) is 0. The molecular formula is C11H20INO4. The highest BCUT2D eigenvalue weighted by Crippen LogP contribution is 2.19. The lowest BCUT2D eigenvalue weighted by molar-refractivity contribution is -0.166. The van der Waals surface area contributed by atoms with Crippen LogP contribution < -0.4 is 5.73 Å². The van der Waals surface area contributed by atoms with Gasteiger partial charge in [-0.15, -0.1) is 0 Å². The zero-order valence-corrected chi connectivity index (χ0v) is 12.8. The number of esters is 2. The summed E-state index contributed by atoms with van der Waals surface area (Å²) in [4.78, 5) is 22.1. The molecule has 1 unspecified atom stereocenters. The van der Waals surface area contributed by atoms with Crippen LogP contribution in [-0.2, 0) is 19.1 Å². The Morgan fingerprint density at radius 1 is 1.18 bits per heavy atom. The van der Waals surface area contributed by atoms with Crippen LogP contribution in [0, 0.1) is 0 Å². The lowest BCUT2D eigenvalue weighted by Crippen LogP contribution is -2.50. The van der Waals surface area contributed by atoms with Gasteiger partial charge in [0.15, 0.2) is 12.2 Å². The van der Waals surface area contributed by atoms with E-state index in [1.807, 2.05) is 13.8 Å². The Bertz CT molecular complexity index is 270. The minimum atomic E-state index is -0.603. The molecule has 6 heteroatoms. The molecule has 0 fully saturated rings. The van der Waals surface area contributed by atoms with Crippen molar-refractivity contribution >= 4 is 34.5 Å². The van der Waals surface area contributed by atoms with Gasteiger partial charge in [0.2, 0.25) is 0 Å². The Morgan fingerprint density at radius 3 is 1.88 bits per heavy atom. The average molecular weight is 357 g/mol. The van der Waals surface area contributed by atoms with Crippen molar-refractivity contribution in [3.8, 4) is 0 Å². The maximum absolute atomic E-state index is 11.1. The lowest BCUT2D eigenvalue weighted by Gasteiger charge is -2.31. The molecule has 17 heavy (non-hydrogen) atoms. The smallest absolute Gasteiger partial charge is 0.303 e. The first-order valence-corrected chi connectivity index (χ1v) is 6.78. The van der Waals surface area contributed by atoms with Crippen LogP contribution in [0.4, 0.5) is 0 Å². The standard InChI is InChI=1S/C11H20INO4/c1-5-9(13)11(17-8(4)15)10(6(2)12)16-7(3)14/h6,9-11H,5,13H2,1-4H3/t6?,9-,10+,11+/m0/s1. The number of carbonyl (C=O) groups excluding carboxylic acids is 2. The van der Waals surface area contributed by atoms with E-state index in [2.05, 4.69) is 22.6 Å². The maximum atomic E-state index is 11.1. The van der Waals surface area contributed by atoms with Gasteiger partial charge in [-0.25, -0.2) is 0 Å². The summed E-state index contributed by atoms with van der Waals surface area (Å²) in [5.74, 6) is -0.827. The number of hydrogen-bond acceptors (Lipinski definition) is 5. The maximum Gasteiger partial charge on any atom is 0.303 e. The monoisotopic (exact) mass is 357 g/mol. The van der Waals surface area contributed by atoms with Gasteiger partial charge in [0, 0.05) is 23.8 Å². The molecule has 0 heterocycles. The van der Waals surface area contributed by atoms with Crippen LogP contribution in [0.1, 0.15) is 34.1 Å². The molecule has 0 radical (unpaired) electrons. The normalized spacial score (nSPS) is 17.8.